The Morgan fingerprint density at radius 1 is 0.361 bits per heavy atom. The number of unbranched alkanes of at least 4 members (excludes halogenated alkanes) is 2. The molecule has 61 heavy (non-hydrogen) atoms. The highest BCUT2D eigenvalue weighted by Crippen LogP contribution is 2.13. The number of nitrogens with two attached hydrogens (primary N) is 2. The lowest BCUT2D eigenvalue weighted by atomic mass is 9.96. The fraction of sp³-hybridized carbons (Fsp3) is 0.857. The van der Waals surface area contributed by atoms with Gasteiger partial charge in [-0.25, -0.2) is 0 Å². The van der Waals surface area contributed by atoms with Crippen LogP contribution in [0.2, 0.25) is 0 Å². The molecule has 2 unspecified atom stereocenters. The van der Waals surface area contributed by atoms with Crippen LogP contribution in [0.5, 0.6) is 0 Å². The molecule has 0 aromatic rings. The smallest absolute Gasteiger partial charge is 0.222 e. The van der Waals surface area contributed by atoms with Gasteiger partial charge in [-0.3, -0.25) is 28.8 Å². The summed E-state index contributed by atoms with van der Waals surface area (Å²) < 4.78 is 49.2. The van der Waals surface area contributed by atoms with Crippen molar-refractivity contribution >= 4 is 35.2 Å². The van der Waals surface area contributed by atoms with Crippen molar-refractivity contribution in [2.45, 2.75) is 90.9 Å². The van der Waals surface area contributed by atoms with E-state index in [1.165, 1.54) is 0 Å². The van der Waals surface area contributed by atoms with E-state index < -0.39 is 11.8 Å². The number of carbonyl (C=O) groups excluding carboxylic acids is 6. The number of nitrogens with one attached hydrogen (secondary N) is 2. The van der Waals surface area contributed by atoms with Crippen LogP contribution in [-0.4, -0.2) is 167 Å². The summed E-state index contributed by atoms with van der Waals surface area (Å²) in [5.74, 6) is -1.23. The van der Waals surface area contributed by atoms with Gasteiger partial charge in [0.15, 0.2) is 0 Å². The van der Waals surface area contributed by atoms with Gasteiger partial charge >= 0.3 is 0 Å². The molecule has 19 nitrogen and oxygen atoms in total. The molecule has 0 aliphatic rings. The predicted molar refractivity (Wildman–Crippen MR) is 226 cm³/mol. The zero-order valence-corrected chi connectivity index (χ0v) is 37.1. The van der Waals surface area contributed by atoms with Crippen LogP contribution < -0.4 is 22.1 Å². The third-order valence-corrected chi connectivity index (χ3v) is 9.03. The standard InChI is InChI=1S/C42H78N4O15/c1-35(37(47)9-11-39(43)49)7-3-5-15-45-41(51)13-17-53-19-21-55-23-25-57-27-29-59-31-33-61-34-32-60-30-28-58-26-24-56-22-20-54-18-14-42(52)46-16-6-4-8-36(2)38(48)10-12-40(44)50/h35-36H,3-34H2,1-2H3,(H2,43,49)(H2,44,50)(H,45,51)(H,46,52). The van der Waals surface area contributed by atoms with Gasteiger partial charge in [0.2, 0.25) is 23.6 Å². The van der Waals surface area contributed by atoms with Gasteiger partial charge in [0.1, 0.15) is 11.6 Å². The lowest BCUT2D eigenvalue weighted by Crippen LogP contribution is -2.26. The van der Waals surface area contributed by atoms with E-state index in [0.29, 0.717) is 132 Å². The second-order valence-corrected chi connectivity index (χ2v) is 14.4. The number of hydrogen-bond donors (Lipinski definition) is 4. The van der Waals surface area contributed by atoms with Gasteiger partial charge in [-0.2, -0.15) is 0 Å². The normalized spacial score (nSPS) is 12.2. The number of hydrogen-bond acceptors (Lipinski definition) is 15. The Morgan fingerprint density at radius 2 is 0.607 bits per heavy atom. The zero-order chi connectivity index (χ0) is 45.0. The molecule has 2 atom stereocenters. The summed E-state index contributed by atoms with van der Waals surface area (Å²) in [6, 6.07) is 0. The Balaban J connectivity index is 3.28. The average Bonchev–Trinajstić information content (AvgIpc) is 3.23. The van der Waals surface area contributed by atoms with Crippen LogP contribution in [0.3, 0.4) is 0 Å². The zero-order valence-electron chi connectivity index (χ0n) is 37.1. The molecule has 0 rings (SSSR count). The number of ketones is 2. The molecule has 356 valence electrons. The van der Waals surface area contributed by atoms with Gasteiger partial charge in [0.25, 0.3) is 0 Å². The lowest BCUT2D eigenvalue weighted by molar-refractivity contribution is -0.126. The molecule has 4 amide bonds. The van der Waals surface area contributed by atoms with E-state index in [4.69, 9.17) is 54.1 Å². The van der Waals surface area contributed by atoms with Gasteiger partial charge in [-0.1, -0.05) is 26.7 Å². The summed E-state index contributed by atoms with van der Waals surface area (Å²) in [7, 11) is 0. The van der Waals surface area contributed by atoms with Crippen LogP contribution in [0, 0.1) is 11.8 Å². The number of carbonyl (C=O) groups is 6. The monoisotopic (exact) mass is 879 g/mol. The van der Waals surface area contributed by atoms with Crippen LogP contribution in [0.4, 0.5) is 0 Å². The van der Waals surface area contributed by atoms with Crippen molar-refractivity contribution in [3.63, 3.8) is 0 Å². The van der Waals surface area contributed by atoms with Crippen molar-refractivity contribution in [3.05, 3.63) is 0 Å². The third kappa shape index (κ3) is 43.3. The number of ether oxygens (including phenoxy) is 9. The molecule has 6 N–H and O–H groups in total. The van der Waals surface area contributed by atoms with Crippen molar-refractivity contribution < 1.29 is 71.4 Å². The fourth-order valence-electron chi connectivity index (χ4n) is 5.28. The van der Waals surface area contributed by atoms with Gasteiger partial charge in [0.05, 0.1) is 119 Å². The first-order valence-electron chi connectivity index (χ1n) is 21.9. The molecular weight excluding hydrogens is 800 g/mol. The van der Waals surface area contributed by atoms with Crippen LogP contribution in [0.25, 0.3) is 0 Å². The number of primary amides is 2. The molecule has 0 radical (unpaired) electrons. The SMILES string of the molecule is CC(CCCCNC(=O)CCOCCOCCOCCOCCOCCOCCOCCOCCOCCC(=O)NCCCCC(C)C(=O)CCC(N)=O)C(=O)CCC(N)=O. The maximum atomic E-state index is 11.9. The molecule has 0 bridgehead atoms. The molecular formula is C42H78N4O15. The van der Waals surface area contributed by atoms with Gasteiger partial charge in [0, 0.05) is 63.5 Å². The van der Waals surface area contributed by atoms with Crippen molar-refractivity contribution in [2.75, 3.05) is 132 Å². The highest BCUT2D eigenvalue weighted by Gasteiger charge is 2.14. The van der Waals surface area contributed by atoms with E-state index in [2.05, 4.69) is 10.6 Å². The summed E-state index contributed by atoms with van der Waals surface area (Å²) in [5, 5.41) is 5.70. The molecule has 0 aromatic heterocycles. The van der Waals surface area contributed by atoms with E-state index in [-0.39, 0.29) is 73.7 Å². The van der Waals surface area contributed by atoms with Gasteiger partial charge in [-0.15, -0.1) is 0 Å². The highest BCUT2D eigenvalue weighted by atomic mass is 16.6. The number of rotatable bonds is 48. The largest absolute Gasteiger partial charge is 0.379 e. The second-order valence-electron chi connectivity index (χ2n) is 14.4. The first-order valence-corrected chi connectivity index (χ1v) is 21.9. The van der Waals surface area contributed by atoms with Crippen LogP contribution in [-0.2, 0) is 71.4 Å². The van der Waals surface area contributed by atoms with Crippen molar-refractivity contribution in [1.29, 1.82) is 0 Å². The summed E-state index contributed by atoms with van der Waals surface area (Å²) >= 11 is 0. The first kappa shape index (κ1) is 57.9. The van der Waals surface area contributed by atoms with Crippen LogP contribution in [0.1, 0.15) is 90.9 Å². The molecule has 0 fully saturated rings. The van der Waals surface area contributed by atoms with Gasteiger partial charge < -0.3 is 64.7 Å². The Kier molecular flexibility index (Phi) is 41.3. The molecule has 0 heterocycles. The molecule has 0 aliphatic carbocycles. The van der Waals surface area contributed by atoms with Crippen molar-refractivity contribution in [3.8, 4) is 0 Å². The van der Waals surface area contributed by atoms with E-state index in [1.807, 2.05) is 13.8 Å². The maximum Gasteiger partial charge on any atom is 0.222 e. The van der Waals surface area contributed by atoms with Crippen LogP contribution >= 0.6 is 0 Å². The minimum atomic E-state index is -0.466. The summed E-state index contributed by atoms with van der Waals surface area (Å²) in [6.45, 7) is 12.4. The van der Waals surface area contributed by atoms with Gasteiger partial charge in [-0.05, 0) is 25.7 Å². The quantitative estimate of drug-likeness (QED) is 0.0631. The Labute approximate surface area is 362 Å². The van der Waals surface area contributed by atoms with Crippen LogP contribution in [0.15, 0.2) is 0 Å². The minimum absolute atomic E-state index is 0.0451. The Morgan fingerprint density at radius 3 is 0.852 bits per heavy atom. The first-order chi connectivity index (χ1) is 29.5. The van der Waals surface area contributed by atoms with Crippen molar-refractivity contribution in [2.24, 2.45) is 23.3 Å². The maximum absolute atomic E-state index is 11.9. The molecule has 0 saturated carbocycles. The van der Waals surface area contributed by atoms with E-state index in [0.717, 1.165) is 38.5 Å². The van der Waals surface area contributed by atoms with E-state index in [9.17, 15) is 28.8 Å². The second kappa shape index (κ2) is 43.5. The predicted octanol–water partition coefficient (Wildman–Crippen LogP) is 1.43. The summed E-state index contributed by atoms with van der Waals surface area (Å²) in [4.78, 5) is 69.3. The number of Topliss-reactive ketones (excluding diaryl/α,β-unsaturated/α-hetero) is 2. The molecule has 0 aliphatic heterocycles. The fourth-order valence-corrected chi connectivity index (χ4v) is 5.28. The Bertz CT molecular complexity index is 1050. The molecule has 0 spiro atoms. The highest BCUT2D eigenvalue weighted by molar-refractivity contribution is 5.86. The molecule has 0 saturated heterocycles. The van der Waals surface area contributed by atoms with E-state index in [1.54, 1.807) is 0 Å². The Hall–Kier alpha value is -3.14. The van der Waals surface area contributed by atoms with Crippen molar-refractivity contribution in [1.82, 2.24) is 10.6 Å². The lowest BCUT2D eigenvalue weighted by Gasteiger charge is -2.10. The topological polar surface area (TPSA) is 262 Å². The third-order valence-electron chi connectivity index (χ3n) is 9.03. The van der Waals surface area contributed by atoms with E-state index >= 15 is 0 Å². The molecule has 19 heteroatoms. The molecule has 0 aromatic carbocycles. The average molecular weight is 879 g/mol. The summed E-state index contributed by atoms with van der Waals surface area (Å²) in [5.41, 5.74) is 10.2. The minimum Gasteiger partial charge on any atom is -0.379 e. The summed E-state index contributed by atoms with van der Waals surface area (Å²) in [6.07, 6.45) is 5.71. The number of amides is 4.